The number of ether oxygens (including phenoxy) is 1. The van der Waals surface area contributed by atoms with Gasteiger partial charge < -0.3 is 4.74 Å². The number of fused-ring (bicyclic) bond motifs is 1. The van der Waals surface area contributed by atoms with Gasteiger partial charge in [-0.25, -0.2) is 0 Å². The van der Waals surface area contributed by atoms with Crippen LogP contribution in [0.5, 0.6) is 0 Å². The second-order valence-corrected chi connectivity index (χ2v) is 4.48. The van der Waals surface area contributed by atoms with Crippen LogP contribution in [0.15, 0.2) is 24.3 Å². The van der Waals surface area contributed by atoms with E-state index in [1.807, 2.05) is 12.1 Å². The third kappa shape index (κ3) is 2.50. The van der Waals surface area contributed by atoms with Gasteiger partial charge in [0.25, 0.3) is 0 Å². The van der Waals surface area contributed by atoms with Gasteiger partial charge >= 0.3 is 5.97 Å². The molecule has 0 bridgehead atoms. The normalized spacial score (nSPS) is 10.6. The Hall–Kier alpha value is -1.90. The number of hydrogen-bond acceptors (Lipinski definition) is 3. The molecule has 0 amide bonds. The van der Waals surface area contributed by atoms with Crippen molar-refractivity contribution in [3.8, 4) is 0 Å². The summed E-state index contributed by atoms with van der Waals surface area (Å²) < 4.78 is 4.65. The van der Waals surface area contributed by atoms with Crippen molar-refractivity contribution < 1.29 is 9.53 Å². The fourth-order valence-electron chi connectivity index (χ4n) is 2.09. The van der Waals surface area contributed by atoms with Gasteiger partial charge in [-0.1, -0.05) is 18.2 Å². The molecule has 0 aliphatic carbocycles. The molecule has 0 aliphatic heterocycles. The summed E-state index contributed by atoms with van der Waals surface area (Å²) in [6.07, 6.45) is 0.998. The van der Waals surface area contributed by atoms with Gasteiger partial charge in [0.05, 0.1) is 19.0 Å². The van der Waals surface area contributed by atoms with E-state index in [-0.39, 0.29) is 5.97 Å². The number of nitrogens with zero attached hydrogens (tertiary/aromatic N) is 1. The summed E-state index contributed by atoms with van der Waals surface area (Å²) in [5.41, 5.74) is 4.33. The van der Waals surface area contributed by atoms with E-state index in [2.05, 4.69) is 35.7 Å². The highest BCUT2D eigenvalue weighted by molar-refractivity contribution is 5.85. The predicted octanol–water partition coefficient (Wildman–Crippen LogP) is 2.96. The first kappa shape index (κ1) is 12.6. The van der Waals surface area contributed by atoms with Crippen molar-refractivity contribution in [3.05, 3.63) is 41.1 Å². The lowest BCUT2D eigenvalue weighted by Crippen LogP contribution is -2.03. The molecule has 0 atom stereocenters. The van der Waals surface area contributed by atoms with E-state index >= 15 is 0 Å². The Balaban J connectivity index is 2.36. The van der Waals surface area contributed by atoms with Gasteiger partial charge in [-0.2, -0.15) is 0 Å². The van der Waals surface area contributed by atoms with E-state index in [0.29, 0.717) is 12.8 Å². The Morgan fingerprint density at radius 3 is 2.78 bits per heavy atom. The Kier molecular flexibility index (Phi) is 3.60. The standard InChI is InChI=1S/C15H17NO2/c1-10-5-4-6-13-11(2)9-12(16-15(10)13)7-8-14(17)18-3/h4-6,9H,7-8H2,1-3H3. The summed E-state index contributed by atoms with van der Waals surface area (Å²) in [6, 6.07) is 8.22. The molecule has 0 aliphatic rings. The van der Waals surface area contributed by atoms with Gasteiger partial charge in [0.15, 0.2) is 0 Å². The molecule has 1 aromatic carbocycles. The van der Waals surface area contributed by atoms with Crippen LogP contribution in [0.1, 0.15) is 23.2 Å². The highest BCUT2D eigenvalue weighted by Gasteiger charge is 2.07. The van der Waals surface area contributed by atoms with Crippen LogP contribution in [0, 0.1) is 13.8 Å². The summed E-state index contributed by atoms with van der Waals surface area (Å²) in [6.45, 7) is 4.13. The number of esters is 1. The van der Waals surface area contributed by atoms with E-state index in [4.69, 9.17) is 0 Å². The topological polar surface area (TPSA) is 39.2 Å². The first-order chi connectivity index (χ1) is 8.61. The molecular weight excluding hydrogens is 226 g/mol. The molecule has 0 radical (unpaired) electrons. The number of para-hydroxylation sites is 1. The maximum atomic E-state index is 11.2. The van der Waals surface area contributed by atoms with E-state index < -0.39 is 0 Å². The summed E-state index contributed by atoms with van der Waals surface area (Å²) in [4.78, 5) is 15.8. The first-order valence-corrected chi connectivity index (χ1v) is 6.04. The molecular formula is C15H17NO2. The second-order valence-electron chi connectivity index (χ2n) is 4.48. The molecule has 0 spiro atoms. The summed E-state index contributed by atoms with van der Waals surface area (Å²) in [5.74, 6) is -0.195. The van der Waals surface area contributed by atoms with Crippen LogP contribution < -0.4 is 0 Å². The zero-order valence-corrected chi connectivity index (χ0v) is 11.0. The highest BCUT2D eigenvalue weighted by Crippen LogP contribution is 2.21. The number of carbonyl (C=O) groups is 1. The van der Waals surface area contributed by atoms with Gasteiger partial charge in [-0.15, -0.1) is 0 Å². The van der Waals surface area contributed by atoms with Gasteiger partial charge in [0, 0.05) is 17.5 Å². The number of rotatable bonds is 3. The number of pyridine rings is 1. The number of aryl methyl sites for hydroxylation is 3. The smallest absolute Gasteiger partial charge is 0.305 e. The van der Waals surface area contributed by atoms with E-state index in [0.717, 1.165) is 16.8 Å². The minimum atomic E-state index is -0.195. The lowest BCUT2D eigenvalue weighted by Gasteiger charge is -2.08. The molecule has 2 rings (SSSR count). The molecule has 0 unspecified atom stereocenters. The zero-order chi connectivity index (χ0) is 13.1. The van der Waals surface area contributed by atoms with Crippen molar-refractivity contribution in [1.29, 1.82) is 0 Å². The molecule has 18 heavy (non-hydrogen) atoms. The predicted molar refractivity (Wildman–Crippen MR) is 71.6 cm³/mol. The first-order valence-electron chi connectivity index (χ1n) is 6.04. The van der Waals surface area contributed by atoms with Crippen LogP contribution in [0.2, 0.25) is 0 Å². The van der Waals surface area contributed by atoms with E-state index in [9.17, 15) is 4.79 Å². The van der Waals surface area contributed by atoms with Crippen LogP contribution in [0.3, 0.4) is 0 Å². The maximum absolute atomic E-state index is 11.2. The quantitative estimate of drug-likeness (QED) is 0.778. The van der Waals surface area contributed by atoms with E-state index in [1.54, 1.807) is 0 Å². The SMILES string of the molecule is COC(=O)CCc1cc(C)c2cccc(C)c2n1. The highest BCUT2D eigenvalue weighted by atomic mass is 16.5. The third-order valence-electron chi connectivity index (χ3n) is 3.11. The molecule has 1 heterocycles. The number of carbonyl (C=O) groups excluding carboxylic acids is 1. The number of hydrogen-bond donors (Lipinski definition) is 0. The van der Waals surface area contributed by atoms with Crippen molar-refractivity contribution in [2.75, 3.05) is 7.11 Å². The molecule has 3 heteroatoms. The van der Waals surface area contributed by atoms with E-state index in [1.165, 1.54) is 18.1 Å². The Bertz CT molecular complexity index is 590. The lowest BCUT2D eigenvalue weighted by atomic mass is 10.0. The summed E-state index contributed by atoms with van der Waals surface area (Å²) in [7, 11) is 1.41. The molecule has 0 saturated carbocycles. The monoisotopic (exact) mass is 243 g/mol. The average Bonchev–Trinajstić information content (AvgIpc) is 2.37. The maximum Gasteiger partial charge on any atom is 0.305 e. The fourth-order valence-corrected chi connectivity index (χ4v) is 2.09. The molecule has 3 nitrogen and oxygen atoms in total. The molecule has 0 saturated heterocycles. The van der Waals surface area contributed by atoms with Crippen LogP contribution in [0.25, 0.3) is 10.9 Å². The van der Waals surface area contributed by atoms with Crippen LogP contribution >= 0.6 is 0 Å². The molecule has 2 aromatic rings. The lowest BCUT2D eigenvalue weighted by molar-refractivity contribution is -0.140. The Labute approximate surface area is 107 Å². The number of methoxy groups -OCH3 is 1. The van der Waals surface area contributed by atoms with Crippen LogP contribution in [-0.2, 0) is 16.0 Å². The average molecular weight is 243 g/mol. The molecule has 1 aromatic heterocycles. The van der Waals surface area contributed by atoms with Crippen LogP contribution in [-0.4, -0.2) is 18.1 Å². The van der Waals surface area contributed by atoms with Crippen molar-refractivity contribution in [2.45, 2.75) is 26.7 Å². The van der Waals surface area contributed by atoms with Crippen molar-refractivity contribution in [2.24, 2.45) is 0 Å². The van der Waals surface area contributed by atoms with Gasteiger partial charge in [-0.05, 0) is 31.0 Å². The van der Waals surface area contributed by atoms with Crippen molar-refractivity contribution in [1.82, 2.24) is 4.98 Å². The molecule has 0 N–H and O–H groups in total. The summed E-state index contributed by atoms with van der Waals surface area (Å²) >= 11 is 0. The minimum Gasteiger partial charge on any atom is -0.469 e. The van der Waals surface area contributed by atoms with Gasteiger partial charge in [-0.3, -0.25) is 9.78 Å². The molecule has 94 valence electrons. The second kappa shape index (κ2) is 5.17. The van der Waals surface area contributed by atoms with Crippen molar-refractivity contribution >= 4 is 16.9 Å². The summed E-state index contributed by atoms with van der Waals surface area (Å²) in [5, 5.41) is 1.18. The van der Waals surface area contributed by atoms with Crippen molar-refractivity contribution in [3.63, 3.8) is 0 Å². The zero-order valence-electron chi connectivity index (χ0n) is 11.0. The van der Waals surface area contributed by atoms with Crippen LogP contribution in [0.4, 0.5) is 0 Å². The minimum absolute atomic E-state index is 0.195. The Morgan fingerprint density at radius 2 is 2.06 bits per heavy atom. The van der Waals surface area contributed by atoms with Gasteiger partial charge in [0.1, 0.15) is 0 Å². The number of benzene rings is 1. The third-order valence-corrected chi connectivity index (χ3v) is 3.11. The molecule has 0 fully saturated rings. The fraction of sp³-hybridized carbons (Fsp3) is 0.333. The largest absolute Gasteiger partial charge is 0.469 e. The number of aromatic nitrogens is 1. The van der Waals surface area contributed by atoms with Gasteiger partial charge in [0.2, 0.25) is 0 Å². The Morgan fingerprint density at radius 1 is 1.28 bits per heavy atom.